The van der Waals surface area contributed by atoms with Gasteiger partial charge in [0.05, 0.1) is 27.1 Å². The molecule has 0 aliphatic carbocycles. The van der Waals surface area contributed by atoms with Crippen molar-refractivity contribution in [2.24, 2.45) is 0 Å². The lowest BCUT2D eigenvalue weighted by atomic mass is 10.1. The van der Waals surface area contributed by atoms with Crippen molar-refractivity contribution in [2.75, 3.05) is 0 Å². The average molecular weight is 412 g/mol. The number of hydrogen-bond donors (Lipinski definition) is 5. The maximum Gasteiger partial charge on any atom is 0.335 e. The molecule has 0 atom stereocenters. The topological polar surface area (TPSA) is 204 Å². The monoisotopic (exact) mass is 412 g/mol. The second kappa shape index (κ2) is 8.75. The zero-order valence-corrected chi connectivity index (χ0v) is 14.5. The molecule has 0 saturated heterocycles. The van der Waals surface area contributed by atoms with Gasteiger partial charge in [0.25, 0.3) is 10.1 Å². The Morgan fingerprint density at radius 1 is 0.571 bits per heavy atom. The molecule has 11 nitrogen and oxygen atoms in total. The van der Waals surface area contributed by atoms with Gasteiger partial charge in [-0.05, 0) is 42.5 Å². The molecule has 148 valence electrons. The molecule has 2 rings (SSSR count). The number of benzene rings is 2. The van der Waals surface area contributed by atoms with Crippen molar-refractivity contribution in [3.05, 3.63) is 64.7 Å². The third kappa shape index (κ3) is 6.19. The Morgan fingerprint density at radius 3 is 1.07 bits per heavy atom. The maximum absolute atomic E-state index is 10.8. The quantitative estimate of drug-likeness (QED) is 0.444. The van der Waals surface area contributed by atoms with Crippen LogP contribution in [0.3, 0.4) is 0 Å². The summed E-state index contributed by atoms with van der Waals surface area (Å²) in [5.41, 5.74) is -0.903. The molecular weight excluding hydrogens is 400 g/mol. The highest BCUT2D eigenvalue weighted by Gasteiger charge is 2.17. The number of carboxylic acids is 4. The Balaban J connectivity index is 0.000000292. The van der Waals surface area contributed by atoms with Crippen molar-refractivity contribution in [1.82, 2.24) is 0 Å². The van der Waals surface area contributed by atoms with E-state index in [4.69, 9.17) is 25.0 Å². The van der Waals surface area contributed by atoms with E-state index in [0.717, 1.165) is 6.07 Å². The summed E-state index contributed by atoms with van der Waals surface area (Å²) in [6, 6.07) is 7.16. The zero-order chi connectivity index (χ0) is 21.6. The van der Waals surface area contributed by atoms with Crippen LogP contribution >= 0.6 is 0 Å². The highest BCUT2D eigenvalue weighted by Crippen LogP contribution is 2.15. The standard InChI is InChI=1S/C8H6O7S.C8H6O4/c9-7(10)4-1-5(8(11)12)3-6(2-4)16(13,14)15;9-7(10)5-1-2-6(4-3-5)8(11)12/h1-3H,(H,9,10)(H,11,12)(H,13,14,15);1-4H,(H,9,10)(H,11,12). The van der Waals surface area contributed by atoms with E-state index in [2.05, 4.69) is 0 Å². The summed E-state index contributed by atoms with van der Waals surface area (Å²) < 4.78 is 30.2. The number of aromatic carboxylic acids is 4. The van der Waals surface area contributed by atoms with E-state index in [-0.39, 0.29) is 11.1 Å². The zero-order valence-electron chi connectivity index (χ0n) is 13.6. The van der Waals surface area contributed by atoms with Crippen molar-refractivity contribution < 1.29 is 52.6 Å². The Morgan fingerprint density at radius 2 is 0.857 bits per heavy atom. The molecule has 0 bridgehead atoms. The van der Waals surface area contributed by atoms with Gasteiger partial charge in [-0.25, -0.2) is 19.2 Å². The van der Waals surface area contributed by atoms with E-state index in [1.54, 1.807) is 0 Å². The predicted molar refractivity (Wildman–Crippen MR) is 90.5 cm³/mol. The second-order valence-electron chi connectivity index (χ2n) is 5.02. The first-order valence-corrected chi connectivity index (χ1v) is 8.42. The minimum atomic E-state index is -4.64. The van der Waals surface area contributed by atoms with Crippen LogP contribution in [0.4, 0.5) is 0 Å². The van der Waals surface area contributed by atoms with Crippen molar-refractivity contribution in [3.8, 4) is 0 Å². The summed E-state index contributed by atoms with van der Waals surface area (Å²) in [7, 11) is -4.64. The van der Waals surface area contributed by atoms with Crippen LogP contribution in [0.1, 0.15) is 41.4 Å². The Labute approximate surface area is 156 Å². The molecule has 28 heavy (non-hydrogen) atoms. The van der Waals surface area contributed by atoms with Gasteiger partial charge >= 0.3 is 23.9 Å². The lowest BCUT2D eigenvalue weighted by molar-refractivity contribution is 0.0681. The first-order chi connectivity index (χ1) is 12.8. The fraction of sp³-hybridized carbons (Fsp3) is 0. The molecule has 0 heterocycles. The normalized spacial score (nSPS) is 10.3. The summed E-state index contributed by atoms with van der Waals surface area (Å²) in [5.74, 6) is -5.11. The van der Waals surface area contributed by atoms with Gasteiger partial charge in [0.1, 0.15) is 0 Å². The first kappa shape index (κ1) is 22.3. The molecule has 0 unspecified atom stereocenters. The van der Waals surface area contributed by atoms with E-state index >= 15 is 0 Å². The van der Waals surface area contributed by atoms with Crippen molar-refractivity contribution in [1.29, 1.82) is 0 Å². The van der Waals surface area contributed by atoms with E-state index in [1.165, 1.54) is 24.3 Å². The van der Waals surface area contributed by atoms with E-state index in [9.17, 15) is 27.6 Å². The first-order valence-electron chi connectivity index (χ1n) is 6.98. The van der Waals surface area contributed by atoms with Gasteiger partial charge < -0.3 is 20.4 Å². The summed E-state index contributed by atoms with van der Waals surface area (Å²) >= 11 is 0. The van der Waals surface area contributed by atoms with Crippen LogP contribution in [0.5, 0.6) is 0 Å². The van der Waals surface area contributed by atoms with Crippen molar-refractivity contribution in [2.45, 2.75) is 4.90 Å². The second-order valence-corrected chi connectivity index (χ2v) is 6.44. The summed E-state index contributed by atoms with van der Waals surface area (Å²) in [6.45, 7) is 0. The van der Waals surface area contributed by atoms with Crippen LogP contribution in [0, 0.1) is 0 Å². The smallest absolute Gasteiger partial charge is 0.335 e. The molecule has 0 fully saturated rings. The van der Waals surface area contributed by atoms with E-state index < -0.39 is 50.0 Å². The largest absolute Gasteiger partial charge is 0.478 e. The lowest BCUT2D eigenvalue weighted by Crippen LogP contribution is -2.07. The minimum Gasteiger partial charge on any atom is -0.478 e. The summed E-state index contributed by atoms with van der Waals surface area (Å²) in [6.07, 6.45) is 0. The molecule has 0 aromatic heterocycles. The Bertz CT molecular complexity index is 972. The summed E-state index contributed by atoms with van der Waals surface area (Å²) in [4.78, 5) is 41.1. The van der Waals surface area contributed by atoms with Gasteiger partial charge in [-0.2, -0.15) is 8.42 Å². The van der Waals surface area contributed by atoms with E-state index in [1.807, 2.05) is 0 Å². The van der Waals surface area contributed by atoms with Gasteiger partial charge in [-0.1, -0.05) is 0 Å². The van der Waals surface area contributed by atoms with Crippen LogP contribution in [-0.4, -0.2) is 57.3 Å². The van der Waals surface area contributed by atoms with Gasteiger partial charge in [-0.3, -0.25) is 4.55 Å². The van der Waals surface area contributed by atoms with Gasteiger partial charge in [-0.15, -0.1) is 0 Å². The molecule has 0 amide bonds. The van der Waals surface area contributed by atoms with Crippen LogP contribution < -0.4 is 0 Å². The van der Waals surface area contributed by atoms with Gasteiger partial charge in [0, 0.05) is 0 Å². The third-order valence-corrected chi connectivity index (χ3v) is 3.91. The molecule has 5 N–H and O–H groups in total. The third-order valence-electron chi connectivity index (χ3n) is 3.08. The van der Waals surface area contributed by atoms with Crippen LogP contribution in [0.25, 0.3) is 0 Å². The molecule has 0 saturated carbocycles. The number of rotatable bonds is 5. The van der Waals surface area contributed by atoms with Crippen molar-refractivity contribution in [3.63, 3.8) is 0 Å². The fourth-order valence-corrected chi connectivity index (χ4v) is 2.30. The van der Waals surface area contributed by atoms with Crippen LogP contribution in [0.15, 0.2) is 47.4 Å². The number of hydrogen-bond acceptors (Lipinski definition) is 6. The lowest BCUT2D eigenvalue weighted by Gasteiger charge is -2.02. The van der Waals surface area contributed by atoms with Gasteiger partial charge in [0.15, 0.2) is 0 Å². The van der Waals surface area contributed by atoms with Gasteiger partial charge in [0.2, 0.25) is 0 Å². The number of carboxylic acid groups (broad SMARTS) is 4. The Kier molecular flexibility index (Phi) is 6.96. The van der Waals surface area contributed by atoms with Crippen molar-refractivity contribution >= 4 is 34.0 Å². The number of carbonyl (C=O) groups is 4. The SMILES string of the molecule is O=C(O)c1cc(C(=O)O)cc(S(=O)(=O)O)c1.O=C(O)c1ccc(C(=O)O)cc1. The molecular formula is C16H12O11S. The molecule has 0 aliphatic heterocycles. The predicted octanol–water partition coefficient (Wildman–Crippen LogP) is 1.41. The van der Waals surface area contributed by atoms with E-state index in [0.29, 0.717) is 12.1 Å². The molecule has 0 aliphatic rings. The van der Waals surface area contributed by atoms with Crippen LogP contribution in [-0.2, 0) is 10.1 Å². The fourth-order valence-electron chi connectivity index (χ4n) is 1.75. The Hall–Kier alpha value is -3.77. The molecule has 12 heteroatoms. The molecule has 2 aromatic carbocycles. The molecule has 2 aromatic rings. The van der Waals surface area contributed by atoms with Crippen LogP contribution in [0.2, 0.25) is 0 Å². The molecule has 0 radical (unpaired) electrons. The highest BCUT2D eigenvalue weighted by molar-refractivity contribution is 7.85. The maximum atomic E-state index is 10.8. The minimum absolute atomic E-state index is 0.0833. The highest BCUT2D eigenvalue weighted by atomic mass is 32.2. The molecule has 0 spiro atoms. The summed E-state index contributed by atoms with van der Waals surface area (Å²) in [5, 5.41) is 34.2. The average Bonchev–Trinajstić information content (AvgIpc) is 2.61.